The summed E-state index contributed by atoms with van der Waals surface area (Å²) in [4.78, 5) is 39.5. The summed E-state index contributed by atoms with van der Waals surface area (Å²) in [5, 5.41) is 3.22. The first-order chi connectivity index (χ1) is 14.8. The average Bonchev–Trinajstić information content (AvgIpc) is 2.96. The quantitative estimate of drug-likeness (QED) is 0.391. The number of amides is 4. The molecule has 31 heavy (non-hydrogen) atoms. The molecular formula is C25H23N3O3. The van der Waals surface area contributed by atoms with Crippen molar-refractivity contribution in [3.05, 3.63) is 83.1 Å². The summed E-state index contributed by atoms with van der Waals surface area (Å²) in [6.45, 7) is 10.1. The Kier molecular flexibility index (Phi) is 5.07. The fourth-order valence-electron chi connectivity index (χ4n) is 4.12. The molecule has 2 aromatic carbocycles. The van der Waals surface area contributed by atoms with Crippen LogP contribution in [0.15, 0.2) is 60.7 Å². The van der Waals surface area contributed by atoms with Crippen LogP contribution >= 0.6 is 0 Å². The number of anilines is 1. The van der Waals surface area contributed by atoms with Crippen LogP contribution < -0.4 is 10.2 Å². The van der Waals surface area contributed by atoms with Crippen LogP contribution in [0.5, 0.6) is 0 Å². The van der Waals surface area contributed by atoms with Gasteiger partial charge in [0.15, 0.2) is 0 Å². The Morgan fingerprint density at radius 3 is 2.35 bits per heavy atom. The molecule has 0 radical (unpaired) electrons. The second-order valence-electron chi connectivity index (χ2n) is 7.72. The highest BCUT2D eigenvalue weighted by molar-refractivity contribution is 6.39. The summed E-state index contributed by atoms with van der Waals surface area (Å²) < 4.78 is 2.08. The molecule has 0 spiro atoms. The third kappa shape index (κ3) is 3.46. The number of nitrogens with zero attached hydrogens (tertiary/aromatic N) is 2. The molecule has 156 valence electrons. The van der Waals surface area contributed by atoms with Gasteiger partial charge in [0, 0.05) is 28.7 Å². The predicted molar refractivity (Wildman–Crippen MR) is 122 cm³/mol. The van der Waals surface area contributed by atoms with Gasteiger partial charge in [-0.3, -0.25) is 14.9 Å². The summed E-state index contributed by atoms with van der Waals surface area (Å²) in [5.41, 5.74) is 4.85. The molecule has 3 aromatic rings. The van der Waals surface area contributed by atoms with Crippen molar-refractivity contribution in [2.45, 2.75) is 27.3 Å². The van der Waals surface area contributed by atoms with Crippen molar-refractivity contribution in [3.63, 3.8) is 0 Å². The van der Waals surface area contributed by atoms with Crippen LogP contribution in [0.3, 0.4) is 0 Å². The van der Waals surface area contributed by atoms with Crippen LogP contribution in [-0.2, 0) is 16.1 Å². The molecule has 6 heteroatoms. The highest BCUT2D eigenvalue weighted by atomic mass is 16.2. The number of allylic oxidation sites excluding steroid dienone is 1. The summed E-state index contributed by atoms with van der Waals surface area (Å²) >= 11 is 0. The first-order valence-corrected chi connectivity index (χ1v) is 10.00. The predicted octanol–water partition coefficient (Wildman–Crippen LogP) is 4.42. The standard InChI is InChI=1S/C25H23N3O3/c1-5-10-27-17(4)20(19-8-6-7-9-22(19)27)14-21-23(29)26-25(31)28(24(21)30)18-12-15(2)11-16(3)13-18/h5-9,11-14H,1,10H2,2-4H3,(H,26,29,31)/b21-14+. The van der Waals surface area contributed by atoms with E-state index in [1.807, 2.05) is 51.1 Å². The maximum atomic E-state index is 13.3. The minimum Gasteiger partial charge on any atom is -0.340 e. The van der Waals surface area contributed by atoms with E-state index in [1.165, 1.54) is 0 Å². The van der Waals surface area contributed by atoms with Crippen LogP contribution in [-0.4, -0.2) is 22.4 Å². The molecule has 0 aliphatic carbocycles. The van der Waals surface area contributed by atoms with Gasteiger partial charge in [0.2, 0.25) is 0 Å². The Morgan fingerprint density at radius 1 is 1.00 bits per heavy atom. The number of nitrogens with one attached hydrogen (secondary N) is 1. The molecule has 1 aliphatic rings. The highest BCUT2D eigenvalue weighted by Crippen LogP contribution is 2.30. The largest absolute Gasteiger partial charge is 0.340 e. The highest BCUT2D eigenvalue weighted by Gasteiger charge is 2.37. The molecule has 1 fully saturated rings. The third-order valence-corrected chi connectivity index (χ3v) is 5.45. The van der Waals surface area contributed by atoms with Gasteiger partial charge < -0.3 is 4.57 Å². The number of hydrogen-bond donors (Lipinski definition) is 1. The van der Waals surface area contributed by atoms with E-state index in [4.69, 9.17) is 0 Å². The number of carbonyl (C=O) groups excluding carboxylic acids is 3. The third-order valence-electron chi connectivity index (χ3n) is 5.45. The van der Waals surface area contributed by atoms with Crippen LogP contribution in [0.2, 0.25) is 0 Å². The zero-order chi connectivity index (χ0) is 22.3. The van der Waals surface area contributed by atoms with Gasteiger partial charge in [0.05, 0.1) is 5.69 Å². The number of urea groups is 1. The lowest BCUT2D eigenvalue weighted by Gasteiger charge is -2.27. The molecule has 6 nitrogen and oxygen atoms in total. The lowest BCUT2D eigenvalue weighted by molar-refractivity contribution is -0.122. The summed E-state index contributed by atoms with van der Waals surface area (Å²) in [5.74, 6) is -1.34. The second-order valence-corrected chi connectivity index (χ2v) is 7.72. The molecule has 0 unspecified atom stereocenters. The van der Waals surface area contributed by atoms with Crippen molar-refractivity contribution in [1.82, 2.24) is 9.88 Å². The molecule has 4 amide bonds. The van der Waals surface area contributed by atoms with E-state index in [-0.39, 0.29) is 5.57 Å². The molecule has 0 bridgehead atoms. The summed E-state index contributed by atoms with van der Waals surface area (Å²) in [7, 11) is 0. The molecule has 1 saturated heterocycles. The fourth-order valence-corrected chi connectivity index (χ4v) is 4.12. The topological polar surface area (TPSA) is 71.4 Å². The number of aromatic nitrogens is 1. The maximum Gasteiger partial charge on any atom is 0.335 e. The monoisotopic (exact) mass is 413 g/mol. The molecule has 0 atom stereocenters. The van der Waals surface area contributed by atoms with E-state index in [0.29, 0.717) is 12.2 Å². The van der Waals surface area contributed by atoms with Gasteiger partial charge in [0.1, 0.15) is 5.57 Å². The van der Waals surface area contributed by atoms with Gasteiger partial charge in [-0.2, -0.15) is 0 Å². The van der Waals surface area contributed by atoms with E-state index < -0.39 is 17.8 Å². The SMILES string of the molecule is C=CCn1c(C)c(/C=C2\C(=O)NC(=O)N(c3cc(C)cc(C)c3)C2=O)c2ccccc21. The number of carbonyl (C=O) groups is 3. The van der Waals surface area contributed by atoms with Crippen molar-refractivity contribution in [3.8, 4) is 0 Å². The number of benzene rings is 2. The van der Waals surface area contributed by atoms with Crippen molar-refractivity contribution in [2.75, 3.05) is 4.90 Å². The minimum atomic E-state index is -0.747. The summed E-state index contributed by atoms with van der Waals surface area (Å²) in [6.07, 6.45) is 3.38. The Labute approximate surface area is 180 Å². The molecule has 0 saturated carbocycles. The van der Waals surface area contributed by atoms with E-state index in [0.717, 1.165) is 38.2 Å². The molecule has 2 heterocycles. The number of imide groups is 2. The van der Waals surface area contributed by atoms with Gasteiger partial charge in [-0.05, 0) is 56.2 Å². The molecule has 4 rings (SSSR count). The van der Waals surface area contributed by atoms with Gasteiger partial charge >= 0.3 is 6.03 Å². The smallest absolute Gasteiger partial charge is 0.335 e. The first-order valence-electron chi connectivity index (χ1n) is 10.00. The molecular weight excluding hydrogens is 390 g/mol. The van der Waals surface area contributed by atoms with Crippen LogP contribution in [0.4, 0.5) is 10.5 Å². The Hall–Kier alpha value is -3.93. The van der Waals surface area contributed by atoms with Crippen molar-refractivity contribution in [1.29, 1.82) is 0 Å². The number of fused-ring (bicyclic) bond motifs is 1. The van der Waals surface area contributed by atoms with Gasteiger partial charge in [-0.25, -0.2) is 9.69 Å². The minimum absolute atomic E-state index is 0.0802. The zero-order valence-corrected chi connectivity index (χ0v) is 17.7. The van der Waals surface area contributed by atoms with Crippen LogP contribution in [0.1, 0.15) is 22.4 Å². The number of hydrogen-bond acceptors (Lipinski definition) is 3. The van der Waals surface area contributed by atoms with Gasteiger partial charge in [-0.1, -0.05) is 30.3 Å². The lowest BCUT2D eigenvalue weighted by atomic mass is 10.0. The Bertz CT molecular complexity index is 1280. The number of rotatable bonds is 4. The zero-order valence-electron chi connectivity index (χ0n) is 17.7. The number of aryl methyl sites for hydroxylation is 2. The van der Waals surface area contributed by atoms with E-state index in [9.17, 15) is 14.4 Å². The second kappa shape index (κ2) is 7.72. The van der Waals surface area contributed by atoms with Gasteiger partial charge in [0.25, 0.3) is 11.8 Å². The van der Waals surface area contributed by atoms with Crippen molar-refractivity contribution < 1.29 is 14.4 Å². The van der Waals surface area contributed by atoms with E-state index >= 15 is 0 Å². The van der Waals surface area contributed by atoms with Gasteiger partial charge in [-0.15, -0.1) is 6.58 Å². The fraction of sp³-hybridized carbons (Fsp3) is 0.160. The van der Waals surface area contributed by atoms with E-state index in [2.05, 4.69) is 16.5 Å². The first kappa shape index (κ1) is 20.3. The molecule has 1 aromatic heterocycles. The number of para-hydroxylation sites is 1. The normalized spacial score (nSPS) is 15.6. The Balaban J connectivity index is 1.87. The van der Waals surface area contributed by atoms with Crippen molar-refractivity contribution >= 4 is 40.5 Å². The van der Waals surface area contributed by atoms with Crippen molar-refractivity contribution in [2.24, 2.45) is 0 Å². The molecule has 1 aliphatic heterocycles. The van der Waals surface area contributed by atoms with E-state index in [1.54, 1.807) is 24.3 Å². The van der Waals surface area contributed by atoms with Crippen LogP contribution in [0.25, 0.3) is 17.0 Å². The maximum absolute atomic E-state index is 13.3. The number of barbiturate groups is 1. The average molecular weight is 413 g/mol. The molecule has 1 N–H and O–H groups in total. The lowest BCUT2D eigenvalue weighted by Crippen LogP contribution is -2.54. The van der Waals surface area contributed by atoms with Crippen LogP contribution in [0, 0.1) is 20.8 Å². The Morgan fingerprint density at radius 2 is 1.68 bits per heavy atom. The summed E-state index contributed by atoms with van der Waals surface area (Å²) in [6, 6.07) is 12.5.